The van der Waals surface area contributed by atoms with Crippen molar-refractivity contribution in [2.75, 3.05) is 25.5 Å². The highest BCUT2D eigenvalue weighted by molar-refractivity contribution is 5.32. The van der Waals surface area contributed by atoms with E-state index in [-0.39, 0.29) is 6.04 Å². The Bertz CT molecular complexity index is 377. The van der Waals surface area contributed by atoms with Gasteiger partial charge in [-0.05, 0) is 43.5 Å². The van der Waals surface area contributed by atoms with Crippen LogP contribution >= 0.6 is 0 Å². The summed E-state index contributed by atoms with van der Waals surface area (Å²) < 4.78 is 28.9. The van der Waals surface area contributed by atoms with Crippen molar-refractivity contribution >= 4 is 5.82 Å². The highest BCUT2D eigenvalue weighted by Gasteiger charge is 2.10. The average Bonchev–Trinajstić information content (AvgIpc) is 2.40. The van der Waals surface area contributed by atoms with E-state index in [0.29, 0.717) is 18.8 Å². The number of alkyl halides is 2. The quantitative estimate of drug-likeness (QED) is 0.648. The van der Waals surface area contributed by atoms with Gasteiger partial charge in [-0.3, -0.25) is 0 Å². The first kappa shape index (κ1) is 16.8. The van der Waals surface area contributed by atoms with Crippen LogP contribution in [-0.2, 0) is 11.2 Å². The van der Waals surface area contributed by atoms with E-state index in [0.717, 1.165) is 24.9 Å². The molecule has 0 radical (unpaired) electrons. The van der Waals surface area contributed by atoms with E-state index in [4.69, 9.17) is 10.5 Å². The summed E-state index contributed by atoms with van der Waals surface area (Å²) in [5.41, 5.74) is 6.73. The van der Waals surface area contributed by atoms with Crippen molar-refractivity contribution in [3.05, 3.63) is 23.9 Å². The topological polar surface area (TPSA) is 60.2 Å². The predicted octanol–water partition coefficient (Wildman–Crippen LogP) is 2.25. The fourth-order valence-corrected chi connectivity index (χ4v) is 1.93. The molecule has 1 rings (SSSR count). The molecule has 0 amide bonds. The second-order valence-corrected chi connectivity index (χ2v) is 4.70. The van der Waals surface area contributed by atoms with Gasteiger partial charge in [0.15, 0.2) is 0 Å². The normalized spacial score (nSPS) is 12.8. The van der Waals surface area contributed by atoms with E-state index in [1.54, 1.807) is 6.20 Å². The van der Waals surface area contributed by atoms with Crippen LogP contribution in [0.1, 0.15) is 25.3 Å². The van der Waals surface area contributed by atoms with Crippen LogP contribution in [0.2, 0.25) is 0 Å². The monoisotopic (exact) mass is 287 g/mol. The van der Waals surface area contributed by atoms with Crippen LogP contribution < -0.4 is 11.1 Å². The number of nitrogens with zero attached hydrogens (tertiary/aromatic N) is 1. The molecule has 0 aromatic carbocycles. The van der Waals surface area contributed by atoms with Crippen molar-refractivity contribution in [1.29, 1.82) is 0 Å². The molecule has 1 aromatic rings. The van der Waals surface area contributed by atoms with Crippen molar-refractivity contribution in [2.45, 2.75) is 38.7 Å². The molecule has 1 heterocycles. The molecule has 1 aromatic heterocycles. The Hall–Kier alpha value is -1.27. The van der Waals surface area contributed by atoms with Crippen LogP contribution in [0.15, 0.2) is 18.3 Å². The van der Waals surface area contributed by atoms with E-state index >= 15 is 0 Å². The van der Waals surface area contributed by atoms with Gasteiger partial charge in [-0.1, -0.05) is 6.92 Å². The third kappa shape index (κ3) is 7.35. The third-order valence-electron chi connectivity index (χ3n) is 2.87. The van der Waals surface area contributed by atoms with E-state index in [1.807, 2.05) is 12.1 Å². The molecule has 0 spiro atoms. The average molecular weight is 287 g/mol. The standard InChI is InChI=1S/C14H23F2N3O/c1-2-5-18-12(4-7-20-10-13(15)16)8-11-3-6-19-14(17)9-11/h3,6,9,12-13,18H,2,4-5,7-8,10H2,1H3,(H2,17,19). The molecular formula is C14H23F2N3O. The maximum Gasteiger partial charge on any atom is 0.261 e. The number of hydrogen-bond donors (Lipinski definition) is 2. The van der Waals surface area contributed by atoms with Crippen LogP contribution in [0.25, 0.3) is 0 Å². The fourth-order valence-electron chi connectivity index (χ4n) is 1.93. The summed E-state index contributed by atoms with van der Waals surface area (Å²) in [6, 6.07) is 3.94. The number of ether oxygens (including phenoxy) is 1. The van der Waals surface area contributed by atoms with Gasteiger partial charge in [0.05, 0.1) is 0 Å². The lowest BCUT2D eigenvalue weighted by Gasteiger charge is -2.18. The van der Waals surface area contributed by atoms with Crippen molar-refractivity contribution in [1.82, 2.24) is 10.3 Å². The Morgan fingerprint density at radius 3 is 2.90 bits per heavy atom. The molecule has 114 valence electrons. The first-order chi connectivity index (χ1) is 9.61. The van der Waals surface area contributed by atoms with Crippen LogP contribution in [0.5, 0.6) is 0 Å². The molecule has 0 fully saturated rings. The van der Waals surface area contributed by atoms with E-state index in [1.165, 1.54) is 0 Å². The second-order valence-electron chi connectivity index (χ2n) is 4.70. The largest absolute Gasteiger partial charge is 0.384 e. The van der Waals surface area contributed by atoms with Crippen LogP contribution in [-0.4, -0.2) is 37.2 Å². The minimum atomic E-state index is -2.41. The summed E-state index contributed by atoms with van der Waals surface area (Å²) in [7, 11) is 0. The summed E-state index contributed by atoms with van der Waals surface area (Å²) >= 11 is 0. The predicted molar refractivity (Wildman–Crippen MR) is 75.9 cm³/mol. The number of anilines is 1. The summed E-state index contributed by atoms with van der Waals surface area (Å²) in [5, 5.41) is 3.40. The highest BCUT2D eigenvalue weighted by Crippen LogP contribution is 2.09. The number of pyridine rings is 1. The van der Waals surface area contributed by atoms with Gasteiger partial charge in [-0.25, -0.2) is 13.8 Å². The number of nitrogens with one attached hydrogen (secondary N) is 1. The first-order valence-electron chi connectivity index (χ1n) is 6.91. The Morgan fingerprint density at radius 2 is 2.25 bits per heavy atom. The number of rotatable bonds is 10. The molecule has 20 heavy (non-hydrogen) atoms. The molecule has 0 aliphatic rings. The minimum Gasteiger partial charge on any atom is -0.384 e. The molecule has 0 aliphatic carbocycles. The minimum absolute atomic E-state index is 0.189. The lowest BCUT2D eigenvalue weighted by molar-refractivity contribution is 0.0144. The molecular weight excluding hydrogens is 264 g/mol. The van der Waals surface area contributed by atoms with Crippen molar-refractivity contribution < 1.29 is 13.5 Å². The van der Waals surface area contributed by atoms with Gasteiger partial charge in [0.25, 0.3) is 6.43 Å². The number of hydrogen-bond acceptors (Lipinski definition) is 4. The Morgan fingerprint density at radius 1 is 1.45 bits per heavy atom. The third-order valence-corrected chi connectivity index (χ3v) is 2.87. The fraction of sp³-hybridized carbons (Fsp3) is 0.643. The van der Waals surface area contributed by atoms with Gasteiger partial charge in [0.2, 0.25) is 0 Å². The summed E-state index contributed by atoms with van der Waals surface area (Å²) in [6.45, 7) is 2.80. The molecule has 1 unspecified atom stereocenters. The van der Waals surface area contributed by atoms with Gasteiger partial charge in [-0.15, -0.1) is 0 Å². The maximum absolute atomic E-state index is 12.0. The molecule has 0 bridgehead atoms. The summed E-state index contributed by atoms with van der Waals surface area (Å²) in [5.74, 6) is 0.491. The zero-order valence-corrected chi connectivity index (χ0v) is 11.8. The summed E-state index contributed by atoms with van der Waals surface area (Å²) in [4.78, 5) is 3.95. The Balaban J connectivity index is 2.42. The van der Waals surface area contributed by atoms with Gasteiger partial charge in [0, 0.05) is 18.8 Å². The maximum atomic E-state index is 12.0. The van der Waals surface area contributed by atoms with E-state index in [2.05, 4.69) is 17.2 Å². The number of halogens is 2. The van der Waals surface area contributed by atoms with Gasteiger partial charge < -0.3 is 15.8 Å². The van der Waals surface area contributed by atoms with Crippen LogP contribution in [0.4, 0.5) is 14.6 Å². The van der Waals surface area contributed by atoms with Gasteiger partial charge in [-0.2, -0.15) is 0 Å². The lowest BCUT2D eigenvalue weighted by atomic mass is 10.0. The summed E-state index contributed by atoms with van der Waals surface area (Å²) in [6.07, 6.45) is 1.76. The van der Waals surface area contributed by atoms with Crippen LogP contribution in [0.3, 0.4) is 0 Å². The number of nitrogens with two attached hydrogens (primary N) is 1. The number of nitrogen functional groups attached to an aromatic ring is 1. The molecule has 1 atom stereocenters. The smallest absolute Gasteiger partial charge is 0.261 e. The van der Waals surface area contributed by atoms with Gasteiger partial charge >= 0.3 is 0 Å². The highest BCUT2D eigenvalue weighted by atomic mass is 19.3. The van der Waals surface area contributed by atoms with Crippen molar-refractivity contribution in [2.24, 2.45) is 0 Å². The first-order valence-corrected chi connectivity index (χ1v) is 6.91. The molecule has 6 heteroatoms. The molecule has 0 saturated heterocycles. The number of aromatic nitrogens is 1. The van der Waals surface area contributed by atoms with E-state index < -0.39 is 13.0 Å². The Kier molecular flexibility index (Phi) is 8.06. The Labute approximate surface area is 118 Å². The SMILES string of the molecule is CCCNC(CCOCC(F)F)Cc1ccnc(N)c1. The van der Waals surface area contributed by atoms with Gasteiger partial charge in [0.1, 0.15) is 12.4 Å². The zero-order chi connectivity index (χ0) is 14.8. The lowest BCUT2D eigenvalue weighted by Crippen LogP contribution is -2.33. The van der Waals surface area contributed by atoms with Crippen molar-refractivity contribution in [3.8, 4) is 0 Å². The molecule has 0 saturated carbocycles. The molecule has 3 N–H and O–H groups in total. The molecule has 0 aliphatic heterocycles. The van der Waals surface area contributed by atoms with E-state index in [9.17, 15) is 8.78 Å². The zero-order valence-electron chi connectivity index (χ0n) is 11.8. The van der Waals surface area contributed by atoms with Crippen LogP contribution in [0, 0.1) is 0 Å². The molecule has 4 nitrogen and oxygen atoms in total. The second kappa shape index (κ2) is 9.61. The van der Waals surface area contributed by atoms with Crippen molar-refractivity contribution in [3.63, 3.8) is 0 Å².